The Balaban J connectivity index is 2.66. The van der Waals surface area contributed by atoms with Gasteiger partial charge in [-0.15, -0.1) is 0 Å². The van der Waals surface area contributed by atoms with Crippen molar-refractivity contribution in [2.75, 3.05) is 6.61 Å². The van der Waals surface area contributed by atoms with E-state index in [0.29, 0.717) is 6.61 Å². The first-order valence-corrected chi connectivity index (χ1v) is 22.2. The maximum atomic E-state index is 13.3. The van der Waals surface area contributed by atoms with Crippen molar-refractivity contribution in [2.45, 2.75) is 193 Å². The molecule has 232 valence electrons. The number of ether oxygens (including phenoxy) is 1. The van der Waals surface area contributed by atoms with Crippen molar-refractivity contribution in [3.63, 3.8) is 0 Å². The van der Waals surface area contributed by atoms with Gasteiger partial charge in [0.25, 0.3) is 0 Å². The number of carbonyl (C=O) groups excluding carboxylic acids is 1. The molecule has 1 heterocycles. The van der Waals surface area contributed by atoms with Gasteiger partial charge in [0, 0.05) is 6.61 Å². The lowest BCUT2D eigenvalue weighted by molar-refractivity contribution is -0.151. The number of carbonyl (C=O) groups is 1. The molecule has 0 aromatic carbocycles. The van der Waals surface area contributed by atoms with Crippen LogP contribution in [0.4, 0.5) is 0 Å². The summed E-state index contributed by atoms with van der Waals surface area (Å²) < 4.78 is 19.8. The van der Waals surface area contributed by atoms with Crippen LogP contribution in [0.1, 0.15) is 145 Å². The fourth-order valence-electron chi connectivity index (χ4n) is 4.97. The van der Waals surface area contributed by atoms with Crippen LogP contribution in [0.2, 0.25) is 36.3 Å². The lowest BCUT2D eigenvalue weighted by Crippen LogP contribution is -2.52. The minimum Gasteiger partial charge on any atom is -0.456 e. The van der Waals surface area contributed by atoms with Crippen molar-refractivity contribution in [3.05, 3.63) is 0 Å². The summed E-state index contributed by atoms with van der Waals surface area (Å²) in [7, 11) is -4.09. The third-order valence-electron chi connectivity index (χ3n) is 10.0. The van der Waals surface area contributed by atoms with Crippen LogP contribution >= 0.6 is 0 Å². The summed E-state index contributed by atoms with van der Waals surface area (Å²) in [5, 5.41) is 0.170. The van der Waals surface area contributed by atoms with Crippen LogP contribution in [0.15, 0.2) is 0 Å². The second-order valence-corrected chi connectivity index (χ2v) is 25.3. The zero-order valence-electron chi connectivity index (χ0n) is 28.4. The first kappa shape index (κ1) is 36.8. The molecule has 1 rings (SSSR count). The van der Waals surface area contributed by atoms with Gasteiger partial charge in [0.05, 0.1) is 0 Å². The highest BCUT2D eigenvalue weighted by atomic mass is 28.4. The maximum absolute atomic E-state index is 13.3. The van der Waals surface area contributed by atoms with Crippen molar-refractivity contribution in [1.82, 2.24) is 0 Å². The highest BCUT2D eigenvalue weighted by Gasteiger charge is 2.56. The van der Waals surface area contributed by atoms with E-state index < -0.39 is 22.2 Å². The average molecular weight is 585 g/mol. The van der Waals surface area contributed by atoms with E-state index in [1.807, 2.05) is 0 Å². The number of hydrogen-bond donors (Lipinski definition) is 0. The third-order valence-corrected chi connectivity index (χ3v) is 19.0. The Hall–Kier alpha value is -0.176. The van der Waals surface area contributed by atoms with Gasteiger partial charge in [-0.25, -0.2) is 0 Å². The quantitative estimate of drug-likeness (QED) is 0.0860. The van der Waals surface area contributed by atoms with Gasteiger partial charge in [0.1, 0.15) is 17.6 Å². The maximum Gasteiger partial charge on any atom is 0.314 e. The molecule has 6 heteroatoms. The van der Waals surface area contributed by atoms with E-state index in [1.54, 1.807) is 0 Å². The van der Waals surface area contributed by atoms with Crippen LogP contribution in [0.5, 0.6) is 0 Å². The molecule has 3 atom stereocenters. The Labute approximate surface area is 246 Å². The van der Waals surface area contributed by atoms with Gasteiger partial charge in [-0.1, -0.05) is 126 Å². The van der Waals surface area contributed by atoms with Gasteiger partial charge in [-0.2, -0.15) is 0 Å². The summed E-state index contributed by atoms with van der Waals surface area (Å²) >= 11 is 0. The summed E-state index contributed by atoms with van der Waals surface area (Å²) in [5.74, 6) is -0.477. The second-order valence-electron chi connectivity index (χ2n) is 15.7. The normalized spacial score (nSPS) is 22.9. The van der Waals surface area contributed by atoms with Gasteiger partial charge in [-0.3, -0.25) is 4.79 Å². The van der Waals surface area contributed by atoms with Gasteiger partial charge in [-0.05, 0) is 56.0 Å². The highest BCUT2D eigenvalue weighted by molar-refractivity contribution is 6.74. The number of hydrogen-bond acceptors (Lipinski definition) is 4. The number of rotatable bonds is 19. The number of unbranched alkanes of at least 4 members (excludes halogenated alkanes) is 12. The first-order valence-electron chi connectivity index (χ1n) is 16.4. The molecule has 0 bridgehead atoms. The molecule has 0 amide bonds. The molecule has 0 aromatic heterocycles. The van der Waals surface area contributed by atoms with Crippen molar-refractivity contribution in [1.29, 1.82) is 0 Å². The zero-order chi connectivity index (χ0) is 30.0. The molecule has 39 heavy (non-hydrogen) atoms. The molecule has 1 aliphatic heterocycles. The number of esters is 1. The molecule has 0 aliphatic carbocycles. The summed E-state index contributed by atoms with van der Waals surface area (Å²) in [4.78, 5) is 13.3. The molecule has 0 aromatic rings. The predicted molar refractivity (Wildman–Crippen MR) is 174 cm³/mol. The SMILES string of the molecule is CCCCCCCCCCCCCCC[C@@]1(C)OC(=O)[C@@H](CO[Si](C)(C)C(C)(C)C)[C@@H]1O[Si](C)(C)C(C)(C)C. The van der Waals surface area contributed by atoms with Crippen LogP contribution in [0.3, 0.4) is 0 Å². The topological polar surface area (TPSA) is 44.8 Å². The molecule has 0 N–H and O–H groups in total. The second kappa shape index (κ2) is 15.9. The van der Waals surface area contributed by atoms with E-state index in [0.717, 1.165) is 12.8 Å². The molecule has 0 spiro atoms. The average Bonchev–Trinajstić information content (AvgIpc) is 3.02. The van der Waals surface area contributed by atoms with Crippen molar-refractivity contribution < 1.29 is 18.4 Å². The van der Waals surface area contributed by atoms with Crippen LogP contribution in [0, 0.1) is 5.92 Å². The molecule has 0 radical (unpaired) electrons. The van der Waals surface area contributed by atoms with E-state index in [1.165, 1.54) is 77.0 Å². The lowest BCUT2D eigenvalue weighted by Gasteiger charge is -2.43. The molecule has 0 saturated carbocycles. The summed E-state index contributed by atoms with van der Waals surface area (Å²) in [6.45, 7) is 27.4. The van der Waals surface area contributed by atoms with Gasteiger partial charge in [0.15, 0.2) is 16.6 Å². The molecular weight excluding hydrogens is 517 g/mol. The van der Waals surface area contributed by atoms with Gasteiger partial charge < -0.3 is 13.6 Å². The minimum absolute atomic E-state index is 0.0693. The largest absolute Gasteiger partial charge is 0.456 e. The summed E-state index contributed by atoms with van der Waals surface area (Å²) in [5.41, 5.74) is -0.578. The molecular formula is C33H68O4Si2. The van der Waals surface area contributed by atoms with Gasteiger partial charge >= 0.3 is 5.97 Å². The van der Waals surface area contributed by atoms with Crippen LogP contribution in [0.25, 0.3) is 0 Å². The third kappa shape index (κ3) is 11.9. The summed E-state index contributed by atoms with van der Waals surface area (Å²) in [6.07, 6.45) is 18.0. The van der Waals surface area contributed by atoms with Crippen molar-refractivity contribution in [2.24, 2.45) is 5.92 Å². The lowest BCUT2D eigenvalue weighted by atomic mass is 9.87. The molecule has 0 unspecified atom stereocenters. The van der Waals surface area contributed by atoms with Crippen molar-refractivity contribution in [3.8, 4) is 0 Å². The van der Waals surface area contributed by atoms with E-state index >= 15 is 0 Å². The molecule has 1 fully saturated rings. The monoisotopic (exact) mass is 584 g/mol. The Morgan fingerprint density at radius 1 is 0.718 bits per heavy atom. The molecule has 4 nitrogen and oxygen atoms in total. The predicted octanol–water partition coefficient (Wildman–Crippen LogP) is 10.8. The first-order chi connectivity index (χ1) is 17.9. The molecule has 1 aliphatic rings. The summed E-state index contributed by atoms with van der Waals surface area (Å²) in [6, 6.07) is 0. The molecule has 1 saturated heterocycles. The Morgan fingerprint density at radius 3 is 1.54 bits per heavy atom. The van der Waals surface area contributed by atoms with Crippen LogP contribution < -0.4 is 0 Å². The minimum atomic E-state index is -2.10. The van der Waals surface area contributed by atoms with Crippen LogP contribution in [-0.4, -0.2) is 40.9 Å². The van der Waals surface area contributed by atoms with Gasteiger partial charge in [0.2, 0.25) is 0 Å². The number of cyclic esters (lactones) is 1. The van der Waals surface area contributed by atoms with Crippen molar-refractivity contribution >= 4 is 22.6 Å². The van der Waals surface area contributed by atoms with E-state index in [2.05, 4.69) is 81.6 Å². The van der Waals surface area contributed by atoms with E-state index in [4.69, 9.17) is 13.6 Å². The van der Waals surface area contributed by atoms with E-state index in [9.17, 15) is 4.79 Å². The fraction of sp³-hybridized carbons (Fsp3) is 0.970. The fourth-order valence-corrected chi connectivity index (χ4v) is 7.40. The van der Waals surface area contributed by atoms with E-state index in [-0.39, 0.29) is 28.1 Å². The Kier molecular flexibility index (Phi) is 15.0. The standard InChI is InChI=1S/C33H68O4Si2/c1-13-14-15-16-17-18-19-20-21-22-23-24-25-26-33(8)29(37-39(11,12)32(5,6)7)28(30(34)36-33)27-35-38(9,10)31(2,3)4/h28-29H,13-27H2,1-12H3/t28-,29-,33+/m0/s1. The zero-order valence-corrected chi connectivity index (χ0v) is 30.4. The Bertz CT molecular complexity index is 707. The Morgan fingerprint density at radius 2 is 1.13 bits per heavy atom. The highest BCUT2D eigenvalue weighted by Crippen LogP contribution is 2.45. The van der Waals surface area contributed by atoms with Crippen LogP contribution in [-0.2, 0) is 18.4 Å². The smallest absolute Gasteiger partial charge is 0.314 e.